The van der Waals surface area contributed by atoms with Gasteiger partial charge in [0.15, 0.2) is 11.5 Å². The number of alkyl carbamates (subject to hydrolysis) is 1. The van der Waals surface area contributed by atoms with Crippen LogP contribution in [0.5, 0.6) is 17.2 Å². The number of carbonyl (C=O) groups excluding carboxylic acids is 1. The van der Waals surface area contributed by atoms with E-state index in [0.717, 1.165) is 22.3 Å². The molecule has 178 valence electrons. The molecule has 1 amide bonds. The number of ether oxygens (including phenoxy) is 3. The summed E-state index contributed by atoms with van der Waals surface area (Å²) in [6, 6.07) is 18.8. The van der Waals surface area contributed by atoms with Gasteiger partial charge in [0.25, 0.3) is 0 Å². The highest BCUT2D eigenvalue weighted by atomic mass is 16.5. The maximum absolute atomic E-state index is 12.3. The van der Waals surface area contributed by atoms with Crippen LogP contribution in [0.3, 0.4) is 0 Å². The van der Waals surface area contributed by atoms with E-state index in [2.05, 4.69) is 17.4 Å². The molecule has 0 fully saturated rings. The molecule has 0 aromatic heterocycles. The zero-order chi connectivity index (χ0) is 24.2. The van der Waals surface area contributed by atoms with Gasteiger partial charge in [0.1, 0.15) is 18.8 Å². The number of carbonyl (C=O) groups is 1. The van der Waals surface area contributed by atoms with E-state index in [9.17, 15) is 20.1 Å². The Morgan fingerprint density at radius 3 is 2.00 bits per heavy atom. The molecule has 0 saturated heterocycles. The molecule has 2 atom stereocenters. The number of methoxy groups -OCH3 is 2. The van der Waals surface area contributed by atoms with Gasteiger partial charge in [-0.2, -0.15) is 0 Å². The number of amides is 1. The molecule has 0 saturated carbocycles. The van der Waals surface area contributed by atoms with Gasteiger partial charge >= 0.3 is 6.09 Å². The van der Waals surface area contributed by atoms with Crippen molar-refractivity contribution in [3.05, 3.63) is 77.4 Å². The molecule has 1 aliphatic rings. The maximum Gasteiger partial charge on any atom is 0.407 e. The largest absolute Gasteiger partial charge is 0.502 e. The maximum atomic E-state index is 12.3. The van der Waals surface area contributed by atoms with E-state index in [1.165, 1.54) is 26.4 Å². The molecule has 0 bridgehead atoms. The molecule has 3 aromatic carbocycles. The van der Waals surface area contributed by atoms with Crippen LogP contribution in [0.4, 0.5) is 4.79 Å². The van der Waals surface area contributed by atoms with Gasteiger partial charge in [-0.05, 0) is 39.9 Å². The third kappa shape index (κ3) is 4.50. The minimum absolute atomic E-state index is 0.0782. The van der Waals surface area contributed by atoms with Crippen LogP contribution in [0.15, 0.2) is 60.7 Å². The van der Waals surface area contributed by atoms with Gasteiger partial charge in [-0.1, -0.05) is 48.5 Å². The lowest BCUT2D eigenvalue weighted by molar-refractivity contribution is 0.0183. The van der Waals surface area contributed by atoms with Crippen molar-refractivity contribution >= 4 is 6.09 Å². The highest BCUT2D eigenvalue weighted by Crippen LogP contribution is 2.44. The smallest absolute Gasteiger partial charge is 0.407 e. The van der Waals surface area contributed by atoms with E-state index in [1.54, 1.807) is 0 Å². The van der Waals surface area contributed by atoms with E-state index in [-0.39, 0.29) is 41.9 Å². The highest BCUT2D eigenvalue weighted by molar-refractivity contribution is 5.79. The van der Waals surface area contributed by atoms with Crippen LogP contribution in [0.2, 0.25) is 0 Å². The number of fused-ring (bicyclic) bond motifs is 3. The molecule has 3 aromatic rings. The second-order valence-electron chi connectivity index (χ2n) is 7.99. The van der Waals surface area contributed by atoms with Crippen molar-refractivity contribution in [1.82, 2.24) is 5.32 Å². The molecule has 1 aliphatic carbocycles. The first-order valence-corrected chi connectivity index (χ1v) is 10.8. The van der Waals surface area contributed by atoms with Gasteiger partial charge < -0.3 is 34.8 Å². The van der Waals surface area contributed by atoms with Crippen LogP contribution in [0.1, 0.15) is 28.7 Å². The predicted octanol–water partition coefficient (Wildman–Crippen LogP) is 3.34. The van der Waals surface area contributed by atoms with Crippen LogP contribution < -0.4 is 14.8 Å². The minimum atomic E-state index is -1.36. The zero-order valence-electron chi connectivity index (χ0n) is 18.9. The summed E-state index contributed by atoms with van der Waals surface area (Å²) in [7, 11) is 2.72. The van der Waals surface area contributed by atoms with Gasteiger partial charge in [-0.3, -0.25) is 0 Å². The number of rotatable bonds is 8. The summed E-state index contributed by atoms with van der Waals surface area (Å²) < 4.78 is 15.6. The number of hydrogen-bond acceptors (Lipinski definition) is 7. The number of phenolic OH excluding ortho intramolecular Hbond substituents is 1. The standard InChI is InChI=1S/C26H27NO7/c1-32-22-11-15(12-23(33-2)25(22)30)24(29)21(28)13-27-26(31)34-14-20-18-9-5-3-7-16(18)17-8-4-6-10-19(17)20/h3-12,20-21,24,28-30H,13-14H2,1-2H3,(H,27,31). The highest BCUT2D eigenvalue weighted by Gasteiger charge is 2.29. The minimum Gasteiger partial charge on any atom is -0.502 e. The van der Waals surface area contributed by atoms with Crippen molar-refractivity contribution in [1.29, 1.82) is 0 Å². The van der Waals surface area contributed by atoms with Crippen LogP contribution in [-0.4, -0.2) is 54.9 Å². The number of aliphatic hydroxyl groups is 2. The molecule has 2 unspecified atom stereocenters. The Morgan fingerprint density at radius 2 is 1.47 bits per heavy atom. The van der Waals surface area contributed by atoms with Crippen molar-refractivity contribution in [2.45, 2.75) is 18.1 Å². The lowest BCUT2D eigenvalue weighted by Crippen LogP contribution is -2.36. The Labute approximate surface area is 197 Å². The van der Waals surface area contributed by atoms with Gasteiger partial charge in [-0.15, -0.1) is 0 Å². The Balaban J connectivity index is 1.36. The Bertz CT molecular complexity index is 1110. The summed E-state index contributed by atoms with van der Waals surface area (Å²) in [4.78, 5) is 12.3. The monoisotopic (exact) mass is 465 g/mol. The first-order chi connectivity index (χ1) is 16.4. The molecular weight excluding hydrogens is 438 g/mol. The summed E-state index contributed by atoms with van der Waals surface area (Å²) >= 11 is 0. The summed E-state index contributed by atoms with van der Waals surface area (Å²) in [5, 5.41) is 33.4. The van der Waals surface area contributed by atoms with Crippen LogP contribution in [-0.2, 0) is 4.74 Å². The molecule has 0 radical (unpaired) electrons. The topological polar surface area (TPSA) is 117 Å². The van der Waals surface area contributed by atoms with Crippen LogP contribution in [0.25, 0.3) is 11.1 Å². The third-order valence-electron chi connectivity index (χ3n) is 6.01. The van der Waals surface area contributed by atoms with E-state index in [0.29, 0.717) is 0 Å². The van der Waals surface area contributed by atoms with E-state index >= 15 is 0 Å². The quantitative estimate of drug-likeness (QED) is 0.403. The molecule has 4 rings (SSSR count). The fourth-order valence-electron chi connectivity index (χ4n) is 4.26. The van der Waals surface area contributed by atoms with Gasteiger partial charge in [0.05, 0.1) is 14.2 Å². The summed E-state index contributed by atoms with van der Waals surface area (Å²) in [6.45, 7) is -0.103. The van der Waals surface area contributed by atoms with Gasteiger partial charge in [-0.25, -0.2) is 4.79 Å². The fourth-order valence-corrected chi connectivity index (χ4v) is 4.26. The predicted molar refractivity (Wildman–Crippen MR) is 125 cm³/mol. The second-order valence-corrected chi connectivity index (χ2v) is 7.99. The molecule has 0 spiro atoms. The fraction of sp³-hybridized carbons (Fsp3) is 0.269. The summed E-state index contributed by atoms with van der Waals surface area (Å²) in [6.07, 6.45) is -3.40. The molecule has 8 heteroatoms. The normalized spacial score (nSPS) is 14.0. The van der Waals surface area contributed by atoms with Crippen molar-refractivity contribution in [3.8, 4) is 28.4 Å². The van der Waals surface area contributed by atoms with Crippen LogP contribution >= 0.6 is 0 Å². The lowest BCUT2D eigenvalue weighted by atomic mass is 9.98. The molecule has 4 N–H and O–H groups in total. The zero-order valence-corrected chi connectivity index (χ0v) is 18.9. The number of aliphatic hydroxyl groups excluding tert-OH is 2. The molecule has 0 heterocycles. The average Bonchev–Trinajstić information content (AvgIpc) is 3.19. The van der Waals surface area contributed by atoms with Gasteiger partial charge in [0, 0.05) is 12.5 Å². The van der Waals surface area contributed by atoms with Crippen molar-refractivity contribution in [2.24, 2.45) is 0 Å². The Morgan fingerprint density at radius 1 is 0.941 bits per heavy atom. The molecule has 8 nitrogen and oxygen atoms in total. The Kier molecular flexibility index (Phi) is 6.90. The number of phenols is 1. The second kappa shape index (κ2) is 10.0. The van der Waals surface area contributed by atoms with Crippen molar-refractivity contribution in [2.75, 3.05) is 27.4 Å². The first-order valence-electron chi connectivity index (χ1n) is 10.8. The average molecular weight is 466 g/mol. The number of aromatic hydroxyl groups is 1. The van der Waals surface area contributed by atoms with Crippen molar-refractivity contribution in [3.63, 3.8) is 0 Å². The van der Waals surface area contributed by atoms with Crippen molar-refractivity contribution < 1.29 is 34.3 Å². The van der Waals surface area contributed by atoms with Gasteiger partial charge in [0.2, 0.25) is 5.75 Å². The molecule has 0 aliphatic heterocycles. The number of hydrogen-bond donors (Lipinski definition) is 4. The summed E-state index contributed by atoms with van der Waals surface area (Å²) in [5.41, 5.74) is 4.72. The van der Waals surface area contributed by atoms with E-state index < -0.39 is 18.3 Å². The van der Waals surface area contributed by atoms with Crippen LogP contribution in [0, 0.1) is 0 Å². The van der Waals surface area contributed by atoms with E-state index in [4.69, 9.17) is 14.2 Å². The summed E-state index contributed by atoms with van der Waals surface area (Å²) in [5.74, 6) is -0.118. The third-order valence-corrected chi connectivity index (χ3v) is 6.01. The molecule has 34 heavy (non-hydrogen) atoms. The number of benzene rings is 3. The lowest BCUT2D eigenvalue weighted by Gasteiger charge is -2.21. The van der Waals surface area contributed by atoms with E-state index in [1.807, 2.05) is 36.4 Å². The Hall–Kier alpha value is -3.75. The SMILES string of the molecule is COc1cc(C(O)C(O)CNC(=O)OCC2c3ccccc3-c3ccccc32)cc(OC)c1O. The molecular formula is C26H27NO7. The number of nitrogens with one attached hydrogen (secondary N) is 1. The first kappa shape index (κ1) is 23.4.